The fourth-order valence-corrected chi connectivity index (χ4v) is 4.00. The van der Waals surface area contributed by atoms with Gasteiger partial charge in [-0.2, -0.15) is 0 Å². The first-order valence-corrected chi connectivity index (χ1v) is 9.26. The second-order valence-electron chi connectivity index (χ2n) is 6.40. The van der Waals surface area contributed by atoms with Gasteiger partial charge < -0.3 is 14.8 Å². The van der Waals surface area contributed by atoms with Gasteiger partial charge in [0.2, 0.25) is 0 Å². The van der Waals surface area contributed by atoms with Gasteiger partial charge >= 0.3 is 0 Å². The molecule has 1 fully saturated rings. The van der Waals surface area contributed by atoms with E-state index in [-0.39, 0.29) is 6.04 Å². The van der Waals surface area contributed by atoms with Crippen LogP contribution < -0.4 is 10.2 Å². The van der Waals surface area contributed by atoms with Crippen LogP contribution in [-0.4, -0.2) is 35.7 Å². The highest BCUT2D eigenvalue weighted by Crippen LogP contribution is 2.31. The van der Waals surface area contributed by atoms with E-state index >= 15 is 0 Å². The molecule has 1 aromatic heterocycles. The minimum Gasteiger partial charge on any atom is -0.369 e. The first-order valence-electron chi connectivity index (χ1n) is 8.51. The van der Waals surface area contributed by atoms with Crippen molar-refractivity contribution in [1.82, 2.24) is 14.9 Å². The summed E-state index contributed by atoms with van der Waals surface area (Å²) >= 11 is 12.4. The van der Waals surface area contributed by atoms with Crippen molar-refractivity contribution in [2.45, 2.75) is 13.0 Å². The van der Waals surface area contributed by atoms with Gasteiger partial charge in [-0.05, 0) is 42.8 Å². The maximum atomic E-state index is 6.41. The van der Waals surface area contributed by atoms with Gasteiger partial charge in [0.15, 0.2) is 0 Å². The molecular weight excluding hydrogens is 355 g/mol. The summed E-state index contributed by atoms with van der Waals surface area (Å²) in [6.07, 6.45) is 1.89. The van der Waals surface area contributed by atoms with E-state index in [2.05, 4.69) is 44.9 Å². The second kappa shape index (κ2) is 6.87. The van der Waals surface area contributed by atoms with Gasteiger partial charge in [-0.3, -0.25) is 0 Å². The predicted octanol–water partition coefficient (Wildman–Crippen LogP) is 4.36. The number of hydrogen-bond acceptors (Lipinski definition) is 3. The van der Waals surface area contributed by atoms with Crippen LogP contribution in [0.15, 0.2) is 42.7 Å². The number of aromatic nitrogens is 2. The normalized spacial score (nSPS) is 16.4. The number of nitrogens with zero attached hydrogens (tertiary/aromatic N) is 3. The molecule has 0 amide bonds. The monoisotopic (exact) mass is 374 g/mol. The molecule has 1 atom stereocenters. The highest BCUT2D eigenvalue weighted by Gasteiger charge is 2.17. The van der Waals surface area contributed by atoms with Crippen LogP contribution in [0.2, 0.25) is 10.0 Å². The molecule has 6 heteroatoms. The van der Waals surface area contributed by atoms with E-state index in [4.69, 9.17) is 23.2 Å². The summed E-state index contributed by atoms with van der Waals surface area (Å²) in [7, 11) is 0. The smallest absolute Gasteiger partial charge is 0.0964 e. The van der Waals surface area contributed by atoms with Crippen LogP contribution in [0.5, 0.6) is 0 Å². The van der Waals surface area contributed by atoms with Gasteiger partial charge in [-0.25, -0.2) is 4.98 Å². The molecule has 0 radical (unpaired) electrons. The summed E-state index contributed by atoms with van der Waals surface area (Å²) in [5.41, 5.74) is 4.40. The predicted molar refractivity (Wildman–Crippen MR) is 105 cm³/mol. The lowest BCUT2D eigenvalue weighted by molar-refractivity contribution is 0.589. The van der Waals surface area contributed by atoms with Gasteiger partial charge in [0.25, 0.3) is 0 Å². The van der Waals surface area contributed by atoms with E-state index in [0.29, 0.717) is 10.0 Å². The fourth-order valence-electron chi connectivity index (χ4n) is 3.43. The van der Waals surface area contributed by atoms with Crippen LogP contribution in [0.1, 0.15) is 18.5 Å². The van der Waals surface area contributed by atoms with E-state index in [1.807, 2.05) is 18.5 Å². The average molecular weight is 375 g/mol. The van der Waals surface area contributed by atoms with E-state index in [1.54, 1.807) is 6.07 Å². The summed E-state index contributed by atoms with van der Waals surface area (Å²) in [5, 5.41) is 4.72. The Morgan fingerprint density at radius 1 is 1.08 bits per heavy atom. The molecule has 0 spiro atoms. The molecule has 4 nitrogen and oxygen atoms in total. The Kier molecular flexibility index (Phi) is 4.59. The zero-order valence-electron chi connectivity index (χ0n) is 14.0. The zero-order chi connectivity index (χ0) is 17.4. The third kappa shape index (κ3) is 3.22. The second-order valence-corrected chi connectivity index (χ2v) is 7.25. The Bertz CT molecular complexity index is 900. The molecule has 2 aromatic carbocycles. The molecule has 2 heterocycles. The topological polar surface area (TPSA) is 33.1 Å². The number of imidazole rings is 1. The molecule has 0 aliphatic carbocycles. The Hall–Kier alpha value is -1.75. The van der Waals surface area contributed by atoms with Crippen LogP contribution in [0.25, 0.3) is 11.0 Å². The first-order chi connectivity index (χ1) is 12.1. The molecule has 130 valence electrons. The number of nitrogens with one attached hydrogen (secondary N) is 1. The maximum absolute atomic E-state index is 6.41. The number of benzene rings is 2. The molecule has 25 heavy (non-hydrogen) atoms. The lowest BCUT2D eigenvalue weighted by Crippen LogP contribution is -2.43. The number of anilines is 1. The van der Waals surface area contributed by atoms with Gasteiger partial charge in [-0.1, -0.05) is 29.3 Å². The van der Waals surface area contributed by atoms with Crippen molar-refractivity contribution in [2.24, 2.45) is 0 Å². The zero-order valence-corrected chi connectivity index (χ0v) is 15.6. The van der Waals surface area contributed by atoms with E-state index < -0.39 is 0 Å². The van der Waals surface area contributed by atoms with Crippen LogP contribution in [0, 0.1) is 0 Å². The SMILES string of the molecule is C[C@H](c1ccc(Cl)cc1Cl)n1cnc2ccc(N3CCNCC3)cc21. The van der Waals surface area contributed by atoms with Crippen molar-refractivity contribution in [3.8, 4) is 0 Å². The van der Waals surface area contributed by atoms with Crippen molar-refractivity contribution in [2.75, 3.05) is 31.1 Å². The molecule has 0 unspecified atom stereocenters. The van der Waals surface area contributed by atoms with Gasteiger partial charge in [0.1, 0.15) is 0 Å². The van der Waals surface area contributed by atoms with Gasteiger partial charge in [-0.15, -0.1) is 0 Å². The number of fused-ring (bicyclic) bond motifs is 1. The minimum absolute atomic E-state index is 0.0769. The lowest BCUT2D eigenvalue weighted by atomic mass is 10.1. The van der Waals surface area contributed by atoms with Crippen molar-refractivity contribution in [1.29, 1.82) is 0 Å². The van der Waals surface area contributed by atoms with Crippen molar-refractivity contribution < 1.29 is 0 Å². The molecule has 0 bridgehead atoms. The highest BCUT2D eigenvalue weighted by atomic mass is 35.5. The van der Waals surface area contributed by atoms with Crippen LogP contribution in [-0.2, 0) is 0 Å². The Morgan fingerprint density at radius 2 is 1.88 bits per heavy atom. The minimum atomic E-state index is 0.0769. The van der Waals surface area contributed by atoms with E-state index in [1.165, 1.54) is 5.69 Å². The largest absolute Gasteiger partial charge is 0.369 e. The molecule has 1 N–H and O–H groups in total. The van der Waals surface area contributed by atoms with Gasteiger partial charge in [0, 0.05) is 41.9 Å². The molecular formula is C19H20Cl2N4. The summed E-state index contributed by atoms with van der Waals surface area (Å²) < 4.78 is 2.18. The molecule has 0 saturated carbocycles. The third-order valence-electron chi connectivity index (χ3n) is 4.87. The molecule has 1 aliphatic heterocycles. The van der Waals surface area contributed by atoms with Gasteiger partial charge in [0.05, 0.1) is 23.4 Å². The van der Waals surface area contributed by atoms with Crippen molar-refractivity contribution >= 4 is 39.9 Å². The highest BCUT2D eigenvalue weighted by molar-refractivity contribution is 6.35. The Labute approximate surface area is 157 Å². The summed E-state index contributed by atoms with van der Waals surface area (Å²) in [5.74, 6) is 0. The van der Waals surface area contributed by atoms with Crippen molar-refractivity contribution in [3.63, 3.8) is 0 Å². The van der Waals surface area contributed by atoms with Crippen molar-refractivity contribution in [3.05, 3.63) is 58.3 Å². The third-order valence-corrected chi connectivity index (χ3v) is 5.43. The molecule has 1 aliphatic rings. The maximum Gasteiger partial charge on any atom is 0.0964 e. The number of halogens is 2. The standard InChI is InChI=1S/C19H20Cl2N4/c1-13(16-4-2-14(20)10-17(16)21)25-12-23-18-5-3-15(11-19(18)25)24-8-6-22-7-9-24/h2-5,10-13,22H,6-9H2,1H3/t13-/m1/s1. The average Bonchev–Trinajstić information content (AvgIpc) is 3.05. The number of hydrogen-bond donors (Lipinski definition) is 1. The number of piperazine rings is 1. The van der Waals surface area contributed by atoms with Crippen LogP contribution in [0.4, 0.5) is 5.69 Å². The first kappa shape index (κ1) is 16.7. The molecule has 4 rings (SSSR count). The molecule has 3 aromatic rings. The fraction of sp³-hybridized carbons (Fsp3) is 0.316. The van der Waals surface area contributed by atoms with Crippen LogP contribution in [0.3, 0.4) is 0 Å². The van der Waals surface area contributed by atoms with E-state index in [9.17, 15) is 0 Å². The number of rotatable bonds is 3. The summed E-state index contributed by atoms with van der Waals surface area (Å²) in [6, 6.07) is 12.2. The Morgan fingerprint density at radius 3 is 2.64 bits per heavy atom. The summed E-state index contributed by atoms with van der Waals surface area (Å²) in [6.45, 7) is 6.23. The van der Waals surface area contributed by atoms with E-state index in [0.717, 1.165) is 42.8 Å². The molecule has 1 saturated heterocycles. The quantitative estimate of drug-likeness (QED) is 0.738. The summed E-state index contributed by atoms with van der Waals surface area (Å²) in [4.78, 5) is 6.97. The Balaban J connectivity index is 1.73. The lowest BCUT2D eigenvalue weighted by Gasteiger charge is -2.29. The van der Waals surface area contributed by atoms with Crippen LogP contribution >= 0.6 is 23.2 Å².